The van der Waals surface area contributed by atoms with Crippen LogP contribution in [0.4, 0.5) is 0 Å². The zero-order chi connectivity index (χ0) is 21.4. The molecule has 9 nitrogen and oxygen atoms in total. The van der Waals surface area contributed by atoms with Crippen LogP contribution in [0.1, 0.15) is 19.3 Å². The van der Waals surface area contributed by atoms with Crippen LogP contribution < -0.4 is 15.8 Å². The summed E-state index contributed by atoms with van der Waals surface area (Å²) in [6, 6.07) is 10.0. The first-order chi connectivity index (χ1) is 15.1. The molecule has 0 spiro atoms. The van der Waals surface area contributed by atoms with Crippen LogP contribution in [0.5, 0.6) is 5.75 Å². The number of carbonyl (C=O) groups excluding carboxylic acids is 2. The molecular formula is C22H22N4O5. The monoisotopic (exact) mass is 422 g/mol. The maximum absolute atomic E-state index is 13.2. The van der Waals surface area contributed by atoms with Crippen LogP contribution in [0.3, 0.4) is 0 Å². The first-order valence-electron chi connectivity index (χ1n) is 10.3. The zero-order valence-corrected chi connectivity index (χ0v) is 16.8. The summed E-state index contributed by atoms with van der Waals surface area (Å²) in [5, 5.41) is 2.98. The van der Waals surface area contributed by atoms with Gasteiger partial charge in [0.05, 0.1) is 18.3 Å². The smallest absolute Gasteiger partial charge is 0.420 e. The van der Waals surface area contributed by atoms with Gasteiger partial charge in [-0.2, -0.15) is 0 Å². The molecule has 1 saturated heterocycles. The van der Waals surface area contributed by atoms with Gasteiger partial charge in [-0.15, -0.1) is 0 Å². The predicted molar refractivity (Wildman–Crippen MR) is 110 cm³/mol. The van der Waals surface area contributed by atoms with Gasteiger partial charge >= 0.3 is 5.76 Å². The van der Waals surface area contributed by atoms with E-state index in [1.54, 1.807) is 48.8 Å². The van der Waals surface area contributed by atoms with Crippen LogP contribution in [-0.4, -0.2) is 51.0 Å². The summed E-state index contributed by atoms with van der Waals surface area (Å²) < 4.78 is 12.5. The van der Waals surface area contributed by atoms with Gasteiger partial charge < -0.3 is 19.4 Å². The lowest BCUT2D eigenvalue weighted by Crippen LogP contribution is -2.47. The summed E-state index contributed by atoms with van der Waals surface area (Å²) in [7, 11) is 0. The first kappa shape index (κ1) is 19.3. The van der Waals surface area contributed by atoms with Crippen LogP contribution in [0.15, 0.2) is 58.0 Å². The number of para-hydroxylation sites is 2. The Morgan fingerprint density at radius 2 is 2.03 bits per heavy atom. The molecule has 5 rings (SSSR count). The summed E-state index contributed by atoms with van der Waals surface area (Å²) in [5.41, 5.74) is 0.963. The number of aromatic nitrogens is 2. The van der Waals surface area contributed by atoms with Crippen molar-refractivity contribution in [2.24, 2.45) is 0 Å². The number of benzene rings is 1. The highest BCUT2D eigenvalue weighted by Gasteiger charge is 2.42. The second-order valence-corrected chi connectivity index (χ2v) is 7.93. The van der Waals surface area contributed by atoms with Gasteiger partial charge in [0, 0.05) is 18.7 Å². The molecular weight excluding hydrogens is 400 g/mol. The van der Waals surface area contributed by atoms with Crippen molar-refractivity contribution >= 4 is 22.9 Å². The summed E-state index contributed by atoms with van der Waals surface area (Å²) in [5.74, 6) is -0.532. The molecule has 9 heteroatoms. The number of ether oxygens (including phenoxy) is 1. The van der Waals surface area contributed by atoms with E-state index in [0.29, 0.717) is 23.3 Å². The fraction of sp³-hybridized carbons (Fsp3) is 0.364. The van der Waals surface area contributed by atoms with E-state index in [2.05, 4.69) is 10.3 Å². The van der Waals surface area contributed by atoms with Gasteiger partial charge in [-0.25, -0.2) is 4.79 Å². The van der Waals surface area contributed by atoms with Gasteiger partial charge in [0.25, 0.3) is 0 Å². The van der Waals surface area contributed by atoms with Crippen molar-refractivity contribution in [3.63, 3.8) is 0 Å². The Kier molecular flexibility index (Phi) is 4.93. The molecule has 2 fully saturated rings. The van der Waals surface area contributed by atoms with Crippen molar-refractivity contribution in [2.45, 2.75) is 44.0 Å². The molecule has 31 heavy (non-hydrogen) atoms. The fourth-order valence-corrected chi connectivity index (χ4v) is 3.93. The van der Waals surface area contributed by atoms with E-state index in [1.165, 1.54) is 9.47 Å². The molecule has 1 aliphatic carbocycles. The molecule has 1 saturated carbocycles. The van der Waals surface area contributed by atoms with Crippen molar-refractivity contribution in [1.82, 2.24) is 19.8 Å². The maximum atomic E-state index is 13.2. The number of nitrogens with one attached hydrogen (secondary N) is 1. The minimum absolute atomic E-state index is 0.183. The molecule has 3 heterocycles. The minimum atomic E-state index is -0.649. The molecule has 1 aliphatic heterocycles. The Bertz CT molecular complexity index is 1170. The Hall–Kier alpha value is -3.62. The minimum Gasteiger partial charge on any atom is -0.487 e. The number of pyridine rings is 1. The fourth-order valence-electron chi connectivity index (χ4n) is 3.93. The third-order valence-corrected chi connectivity index (χ3v) is 5.61. The van der Waals surface area contributed by atoms with Crippen molar-refractivity contribution in [1.29, 1.82) is 0 Å². The number of likely N-dealkylation sites (tertiary alicyclic amines) is 1. The summed E-state index contributed by atoms with van der Waals surface area (Å²) in [4.78, 5) is 43.9. The molecule has 0 unspecified atom stereocenters. The molecule has 1 aromatic carbocycles. The molecule has 2 aromatic heterocycles. The Morgan fingerprint density at radius 1 is 1.19 bits per heavy atom. The molecule has 2 atom stereocenters. The van der Waals surface area contributed by atoms with E-state index in [1.807, 2.05) is 0 Å². The molecule has 2 aliphatic rings. The van der Waals surface area contributed by atoms with E-state index in [9.17, 15) is 14.4 Å². The highest BCUT2D eigenvalue weighted by Crippen LogP contribution is 2.26. The average Bonchev–Trinajstić information content (AvgIpc) is 3.39. The number of hydrogen-bond donors (Lipinski definition) is 1. The molecule has 3 aromatic rings. The van der Waals surface area contributed by atoms with Crippen molar-refractivity contribution < 1.29 is 18.7 Å². The number of oxazole rings is 1. The first-order valence-corrected chi connectivity index (χ1v) is 10.3. The van der Waals surface area contributed by atoms with E-state index in [4.69, 9.17) is 9.15 Å². The van der Waals surface area contributed by atoms with Gasteiger partial charge in [-0.05, 0) is 37.1 Å². The predicted octanol–water partition coefficient (Wildman–Crippen LogP) is 1.32. The highest BCUT2D eigenvalue weighted by molar-refractivity contribution is 5.89. The van der Waals surface area contributed by atoms with E-state index >= 15 is 0 Å². The molecule has 0 radical (unpaired) electrons. The highest BCUT2D eigenvalue weighted by atomic mass is 16.5. The maximum Gasteiger partial charge on any atom is 0.420 e. The van der Waals surface area contributed by atoms with E-state index in [0.717, 1.165) is 12.8 Å². The van der Waals surface area contributed by atoms with Gasteiger partial charge in [0.2, 0.25) is 11.8 Å². The largest absolute Gasteiger partial charge is 0.487 e. The lowest BCUT2D eigenvalue weighted by molar-refractivity contribution is -0.139. The van der Waals surface area contributed by atoms with Crippen molar-refractivity contribution in [3.8, 4) is 5.75 Å². The zero-order valence-electron chi connectivity index (χ0n) is 16.8. The second kappa shape index (κ2) is 7.90. The summed E-state index contributed by atoms with van der Waals surface area (Å²) in [6.07, 6.45) is 5.19. The quantitative estimate of drug-likeness (QED) is 0.642. The number of carbonyl (C=O) groups is 2. The SMILES string of the molecule is O=C(NC1CC1)[C@@H]1C[C@H](Oc2cccnc2)CN1C(=O)Cn1c(=O)oc2ccccc21. The Balaban J connectivity index is 1.37. The second-order valence-electron chi connectivity index (χ2n) is 7.93. The number of hydrogen-bond acceptors (Lipinski definition) is 6. The van der Waals surface area contributed by atoms with Crippen LogP contribution in [0, 0.1) is 0 Å². The number of rotatable bonds is 6. The third kappa shape index (κ3) is 4.03. The summed E-state index contributed by atoms with van der Waals surface area (Å²) in [6.45, 7) is 0.0453. The van der Waals surface area contributed by atoms with Gasteiger partial charge in [0.1, 0.15) is 24.4 Å². The topological polar surface area (TPSA) is 107 Å². The van der Waals surface area contributed by atoms with E-state index in [-0.39, 0.29) is 37.0 Å². The number of amides is 2. The number of nitrogens with zero attached hydrogens (tertiary/aromatic N) is 3. The number of fused-ring (bicyclic) bond motifs is 1. The third-order valence-electron chi connectivity index (χ3n) is 5.61. The average molecular weight is 422 g/mol. The Morgan fingerprint density at radius 3 is 2.81 bits per heavy atom. The van der Waals surface area contributed by atoms with Crippen molar-refractivity contribution in [2.75, 3.05) is 6.54 Å². The van der Waals surface area contributed by atoms with Crippen LogP contribution in [-0.2, 0) is 16.1 Å². The molecule has 160 valence electrons. The van der Waals surface area contributed by atoms with Crippen LogP contribution in [0.2, 0.25) is 0 Å². The van der Waals surface area contributed by atoms with Crippen LogP contribution >= 0.6 is 0 Å². The van der Waals surface area contributed by atoms with Gasteiger partial charge in [-0.1, -0.05) is 12.1 Å². The standard InChI is InChI=1S/C22H22N4O5/c27-20(13-26-17-5-1-2-6-19(17)31-22(26)29)25-12-16(30-15-4-3-9-23-11-15)10-18(25)21(28)24-14-7-8-14/h1-6,9,11,14,16,18H,7-8,10,12-13H2,(H,24,28)/t16-,18-/m0/s1. The summed E-state index contributed by atoms with van der Waals surface area (Å²) >= 11 is 0. The molecule has 2 amide bonds. The lowest BCUT2D eigenvalue weighted by atomic mass is 10.2. The van der Waals surface area contributed by atoms with E-state index < -0.39 is 11.8 Å². The lowest BCUT2D eigenvalue weighted by Gasteiger charge is -2.23. The molecule has 0 bridgehead atoms. The van der Waals surface area contributed by atoms with Gasteiger partial charge in [0.15, 0.2) is 5.58 Å². The van der Waals surface area contributed by atoms with Gasteiger partial charge in [-0.3, -0.25) is 19.1 Å². The van der Waals surface area contributed by atoms with Crippen molar-refractivity contribution in [3.05, 3.63) is 59.3 Å². The Labute approximate surface area is 177 Å². The molecule has 1 N–H and O–H groups in total. The normalized spacial score (nSPS) is 20.7. The van der Waals surface area contributed by atoms with Crippen LogP contribution in [0.25, 0.3) is 11.1 Å².